The molecule has 22 heavy (non-hydrogen) atoms. The van der Waals surface area contributed by atoms with Crippen LogP contribution in [0.15, 0.2) is 0 Å². The Balaban J connectivity index is 1.54. The normalized spacial score (nSPS) is 22.3. The molecular formula is C16H30N4O2. The summed E-state index contributed by atoms with van der Waals surface area (Å²) >= 11 is 0. The van der Waals surface area contributed by atoms with Crippen LogP contribution >= 0.6 is 0 Å². The molecule has 1 atom stereocenters. The molecule has 1 aliphatic heterocycles. The minimum absolute atomic E-state index is 0.0901. The summed E-state index contributed by atoms with van der Waals surface area (Å²) in [6.45, 7) is 2.44. The van der Waals surface area contributed by atoms with E-state index >= 15 is 0 Å². The topological polar surface area (TPSA) is 73.5 Å². The van der Waals surface area contributed by atoms with Crippen LogP contribution in [0, 0.1) is 0 Å². The van der Waals surface area contributed by atoms with E-state index in [2.05, 4.69) is 16.0 Å². The molecule has 6 heteroatoms. The fourth-order valence-corrected chi connectivity index (χ4v) is 3.27. The fraction of sp³-hybridized carbons (Fsp3) is 0.875. The summed E-state index contributed by atoms with van der Waals surface area (Å²) in [5, 5.41) is 9.15. The second kappa shape index (κ2) is 8.98. The van der Waals surface area contributed by atoms with Crippen LogP contribution < -0.4 is 16.0 Å². The number of carbonyl (C=O) groups is 2. The van der Waals surface area contributed by atoms with Gasteiger partial charge in [0.1, 0.15) is 0 Å². The van der Waals surface area contributed by atoms with Crippen LogP contribution in [0.1, 0.15) is 51.4 Å². The third-order valence-electron chi connectivity index (χ3n) is 4.77. The van der Waals surface area contributed by atoms with Gasteiger partial charge in [-0.2, -0.15) is 0 Å². The fourth-order valence-electron chi connectivity index (χ4n) is 3.27. The SMILES string of the molecule is CN(C(=O)CCCNC(=O)NC1CCCCC1)C1CCNC1. The van der Waals surface area contributed by atoms with E-state index in [9.17, 15) is 9.59 Å². The van der Waals surface area contributed by atoms with E-state index in [0.29, 0.717) is 31.5 Å². The van der Waals surface area contributed by atoms with E-state index in [0.717, 1.165) is 32.4 Å². The second-order valence-corrected chi connectivity index (χ2v) is 6.49. The third-order valence-corrected chi connectivity index (χ3v) is 4.77. The van der Waals surface area contributed by atoms with Gasteiger partial charge in [0.05, 0.1) is 0 Å². The molecule has 0 radical (unpaired) electrons. The van der Waals surface area contributed by atoms with Gasteiger partial charge in [-0.25, -0.2) is 4.79 Å². The summed E-state index contributed by atoms with van der Waals surface area (Å²) in [4.78, 5) is 25.7. The van der Waals surface area contributed by atoms with Gasteiger partial charge in [-0.05, 0) is 32.2 Å². The van der Waals surface area contributed by atoms with Crippen LogP contribution in [0.4, 0.5) is 4.79 Å². The van der Waals surface area contributed by atoms with Crippen LogP contribution in [0.3, 0.4) is 0 Å². The molecule has 2 aliphatic rings. The Morgan fingerprint density at radius 2 is 1.95 bits per heavy atom. The van der Waals surface area contributed by atoms with Gasteiger partial charge < -0.3 is 20.9 Å². The van der Waals surface area contributed by atoms with Crippen molar-refractivity contribution in [3.8, 4) is 0 Å². The largest absolute Gasteiger partial charge is 0.341 e. The van der Waals surface area contributed by atoms with Crippen molar-refractivity contribution in [2.45, 2.75) is 63.5 Å². The van der Waals surface area contributed by atoms with Crippen LogP contribution in [0.2, 0.25) is 0 Å². The highest BCUT2D eigenvalue weighted by Gasteiger charge is 2.22. The molecule has 3 N–H and O–H groups in total. The number of nitrogens with zero attached hydrogens (tertiary/aromatic N) is 1. The third kappa shape index (κ3) is 5.48. The molecule has 1 unspecified atom stereocenters. The van der Waals surface area contributed by atoms with Crippen molar-refractivity contribution in [1.29, 1.82) is 0 Å². The Morgan fingerprint density at radius 3 is 2.64 bits per heavy atom. The number of carbonyl (C=O) groups excluding carboxylic acids is 2. The summed E-state index contributed by atoms with van der Waals surface area (Å²) in [6, 6.07) is 0.569. The monoisotopic (exact) mass is 310 g/mol. The maximum absolute atomic E-state index is 12.1. The van der Waals surface area contributed by atoms with Gasteiger partial charge in [-0.3, -0.25) is 4.79 Å². The molecule has 3 amide bonds. The molecule has 1 saturated carbocycles. The minimum atomic E-state index is -0.0901. The molecule has 0 aromatic rings. The van der Waals surface area contributed by atoms with Crippen LogP contribution in [0.5, 0.6) is 0 Å². The lowest BCUT2D eigenvalue weighted by molar-refractivity contribution is -0.131. The zero-order chi connectivity index (χ0) is 15.8. The van der Waals surface area contributed by atoms with Gasteiger partial charge in [0.15, 0.2) is 0 Å². The molecule has 126 valence electrons. The van der Waals surface area contributed by atoms with E-state index < -0.39 is 0 Å². The lowest BCUT2D eigenvalue weighted by atomic mass is 9.96. The van der Waals surface area contributed by atoms with Crippen LogP contribution in [-0.4, -0.2) is 55.6 Å². The molecule has 0 spiro atoms. The molecule has 1 saturated heterocycles. The summed E-state index contributed by atoms with van der Waals surface area (Å²) in [6.07, 6.45) is 8.11. The smallest absolute Gasteiger partial charge is 0.315 e. The van der Waals surface area contributed by atoms with Crippen LogP contribution in [0.25, 0.3) is 0 Å². The first kappa shape index (κ1) is 17.1. The first-order chi connectivity index (χ1) is 10.7. The predicted molar refractivity (Wildman–Crippen MR) is 86.7 cm³/mol. The number of urea groups is 1. The summed E-state index contributed by atoms with van der Waals surface area (Å²) in [5.41, 5.74) is 0. The lowest BCUT2D eigenvalue weighted by Gasteiger charge is -2.24. The van der Waals surface area contributed by atoms with Crippen molar-refractivity contribution in [2.24, 2.45) is 0 Å². The number of nitrogens with one attached hydrogen (secondary N) is 3. The second-order valence-electron chi connectivity index (χ2n) is 6.49. The van der Waals surface area contributed by atoms with Crippen LogP contribution in [-0.2, 0) is 4.79 Å². The van der Waals surface area contributed by atoms with Gasteiger partial charge in [0.2, 0.25) is 5.91 Å². The van der Waals surface area contributed by atoms with Crippen molar-refractivity contribution < 1.29 is 9.59 Å². The lowest BCUT2D eigenvalue weighted by Crippen LogP contribution is -2.43. The number of hydrogen-bond donors (Lipinski definition) is 3. The Labute approximate surface area is 133 Å². The maximum Gasteiger partial charge on any atom is 0.315 e. The number of likely N-dealkylation sites (N-methyl/N-ethyl adjacent to an activating group) is 1. The maximum atomic E-state index is 12.1. The van der Waals surface area contributed by atoms with Crippen molar-refractivity contribution in [2.75, 3.05) is 26.7 Å². The number of rotatable bonds is 6. The van der Waals surface area contributed by atoms with Gasteiger partial charge in [0, 0.05) is 38.6 Å². The summed E-state index contributed by atoms with van der Waals surface area (Å²) < 4.78 is 0. The minimum Gasteiger partial charge on any atom is -0.341 e. The first-order valence-corrected chi connectivity index (χ1v) is 8.67. The van der Waals surface area contributed by atoms with E-state index in [1.807, 2.05) is 11.9 Å². The van der Waals surface area contributed by atoms with E-state index in [1.165, 1.54) is 19.3 Å². The summed E-state index contributed by atoms with van der Waals surface area (Å²) in [7, 11) is 1.88. The number of amides is 3. The molecule has 2 fully saturated rings. The zero-order valence-corrected chi connectivity index (χ0v) is 13.7. The molecular weight excluding hydrogens is 280 g/mol. The molecule has 0 aromatic heterocycles. The van der Waals surface area contributed by atoms with E-state index in [-0.39, 0.29) is 11.9 Å². The van der Waals surface area contributed by atoms with Crippen molar-refractivity contribution in [3.05, 3.63) is 0 Å². The molecule has 6 nitrogen and oxygen atoms in total. The van der Waals surface area contributed by atoms with Gasteiger partial charge in [-0.1, -0.05) is 19.3 Å². The average molecular weight is 310 g/mol. The average Bonchev–Trinajstić information content (AvgIpc) is 3.06. The molecule has 1 heterocycles. The quantitative estimate of drug-likeness (QED) is 0.646. The van der Waals surface area contributed by atoms with E-state index in [1.54, 1.807) is 0 Å². The molecule has 0 aromatic carbocycles. The predicted octanol–water partition coefficient (Wildman–Crippen LogP) is 1.22. The zero-order valence-electron chi connectivity index (χ0n) is 13.7. The molecule has 0 bridgehead atoms. The highest BCUT2D eigenvalue weighted by Crippen LogP contribution is 2.17. The Kier molecular flexibility index (Phi) is 6.96. The Hall–Kier alpha value is -1.30. The van der Waals surface area contributed by atoms with Gasteiger partial charge >= 0.3 is 6.03 Å². The first-order valence-electron chi connectivity index (χ1n) is 8.67. The van der Waals surface area contributed by atoms with E-state index in [4.69, 9.17) is 0 Å². The van der Waals surface area contributed by atoms with Crippen molar-refractivity contribution in [1.82, 2.24) is 20.9 Å². The van der Waals surface area contributed by atoms with Gasteiger partial charge in [-0.15, -0.1) is 0 Å². The van der Waals surface area contributed by atoms with Gasteiger partial charge in [0.25, 0.3) is 0 Å². The van der Waals surface area contributed by atoms with Crippen molar-refractivity contribution in [3.63, 3.8) is 0 Å². The molecule has 2 rings (SSSR count). The highest BCUT2D eigenvalue weighted by atomic mass is 16.2. The highest BCUT2D eigenvalue weighted by molar-refractivity contribution is 5.76. The number of hydrogen-bond acceptors (Lipinski definition) is 3. The van der Waals surface area contributed by atoms with Crippen molar-refractivity contribution >= 4 is 11.9 Å². The standard InChI is InChI=1S/C16H30N4O2/c1-20(14-9-11-17-12-14)15(21)8-5-10-18-16(22)19-13-6-3-2-4-7-13/h13-14,17H,2-12H2,1H3,(H2,18,19,22). The Morgan fingerprint density at radius 1 is 1.18 bits per heavy atom. The Bertz CT molecular complexity index is 363. The summed E-state index contributed by atoms with van der Waals surface area (Å²) in [5.74, 6) is 0.170. The molecule has 1 aliphatic carbocycles.